The molecule has 1 heterocycles. The maximum atomic E-state index is 3.58. The number of hydrogen-bond donors (Lipinski definition) is 0. The quantitative estimate of drug-likeness (QED) is 0.726. The van der Waals surface area contributed by atoms with E-state index in [4.69, 9.17) is 0 Å². The molecular formula is C12H13BrS. The summed E-state index contributed by atoms with van der Waals surface area (Å²) in [6.07, 6.45) is 4.31. The summed E-state index contributed by atoms with van der Waals surface area (Å²) in [6.45, 7) is 0. The number of hydrogen-bond acceptors (Lipinski definition) is 1. The third kappa shape index (κ3) is 1.63. The highest BCUT2D eigenvalue weighted by Gasteiger charge is 2.34. The molecule has 0 saturated heterocycles. The average Bonchev–Trinajstić information content (AvgIpc) is 3.00. The smallest absolute Gasteiger partial charge is 0.0178 e. The Bertz CT molecular complexity index is 357. The third-order valence-electron chi connectivity index (χ3n) is 3.25. The van der Waals surface area contributed by atoms with Gasteiger partial charge in [-0.25, -0.2) is 0 Å². The zero-order valence-corrected chi connectivity index (χ0v) is 10.4. The largest absolute Gasteiger partial charge is 0.126 e. The van der Waals surface area contributed by atoms with E-state index in [9.17, 15) is 0 Å². The van der Waals surface area contributed by atoms with Crippen LogP contribution in [0.15, 0.2) is 27.6 Å². The Hall–Kier alpha value is 0.0500. The fourth-order valence-electron chi connectivity index (χ4n) is 2.38. The summed E-state index contributed by atoms with van der Waals surface area (Å²) in [5.41, 5.74) is 1.61. The van der Waals surface area contributed by atoms with Crippen molar-refractivity contribution < 1.29 is 0 Å². The normalized spacial score (nSPS) is 25.9. The van der Waals surface area contributed by atoms with Gasteiger partial charge in [-0.3, -0.25) is 0 Å². The minimum atomic E-state index is 0.865. The van der Waals surface area contributed by atoms with Crippen molar-refractivity contribution in [3.63, 3.8) is 0 Å². The van der Waals surface area contributed by atoms with E-state index in [1.165, 1.54) is 34.4 Å². The molecule has 3 rings (SSSR count). The lowest BCUT2D eigenvalue weighted by atomic mass is 9.91. The summed E-state index contributed by atoms with van der Waals surface area (Å²) < 4.78 is 1.24. The Balaban J connectivity index is 2.02. The van der Waals surface area contributed by atoms with E-state index >= 15 is 0 Å². The molecule has 0 spiro atoms. The zero-order chi connectivity index (χ0) is 9.54. The van der Waals surface area contributed by atoms with Crippen molar-refractivity contribution in [2.45, 2.75) is 30.1 Å². The van der Waals surface area contributed by atoms with Crippen LogP contribution in [-0.2, 0) is 0 Å². The Morgan fingerprint density at radius 1 is 1.21 bits per heavy atom. The van der Waals surface area contributed by atoms with E-state index < -0.39 is 0 Å². The number of benzene rings is 1. The molecule has 14 heavy (non-hydrogen) atoms. The van der Waals surface area contributed by atoms with E-state index in [0.717, 1.165) is 11.8 Å². The Morgan fingerprint density at radius 2 is 2.07 bits per heavy atom. The van der Waals surface area contributed by atoms with Gasteiger partial charge in [-0.1, -0.05) is 15.9 Å². The zero-order valence-electron chi connectivity index (χ0n) is 8.00. The van der Waals surface area contributed by atoms with E-state index in [1.54, 1.807) is 5.56 Å². The molecule has 0 nitrogen and oxygen atoms in total. The summed E-state index contributed by atoms with van der Waals surface area (Å²) in [5.74, 6) is 3.18. The first-order valence-corrected chi connectivity index (χ1v) is 7.05. The molecule has 0 N–H and O–H groups in total. The molecular weight excluding hydrogens is 256 g/mol. The summed E-state index contributed by atoms with van der Waals surface area (Å²) in [7, 11) is 0. The van der Waals surface area contributed by atoms with Crippen LogP contribution >= 0.6 is 27.7 Å². The van der Waals surface area contributed by atoms with Crippen LogP contribution in [0, 0.1) is 5.92 Å². The van der Waals surface area contributed by atoms with Gasteiger partial charge in [0.25, 0.3) is 0 Å². The summed E-state index contributed by atoms with van der Waals surface area (Å²) in [5, 5.41) is 0. The third-order valence-corrected chi connectivity index (χ3v) is 4.86. The number of thioether (sulfide) groups is 1. The van der Waals surface area contributed by atoms with E-state index in [-0.39, 0.29) is 0 Å². The van der Waals surface area contributed by atoms with Crippen molar-refractivity contribution in [3.8, 4) is 0 Å². The lowest BCUT2D eigenvalue weighted by Crippen LogP contribution is -2.09. The van der Waals surface area contributed by atoms with Crippen LogP contribution in [0.2, 0.25) is 0 Å². The highest BCUT2D eigenvalue weighted by Crippen LogP contribution is 2.50. The molecule has 1 fully saturated rings. The number of halogens is 1. The Labute approximate surface area is 97.6 Å². The molecule has 1 unspecified atom stereocenters. The van der Waals surface area contributed by atoms with Crippen LogP contribution < -0.4 is 0 Å². The van der Waals surface area contributed by atoms with Crippen LogP contribution in [0.3, 0.4) is 0 Å². The molecule has 2 aliphatic rings. The lowest BCUT2D eigenvalue weighted by Gasteiger charge is -2.25. The molecule has 74 valence electrons. The second-order valence-corrected chi connectivity index (χ2v) is 6.32. The van der Waals surface area contributed by atoms with Gasteiger partial charge >= 0.3 is 0 Å². The maximum Gasteiger partial charge on any atom is 0.0178 e. The Kier molecular flexibility index (Phi) is 2.37. The molecule has 0 amide bonds. The standard InChI is InChI=1S/C12H13BrS/c13-9-3-4-12-11(7-9)10(5-6-14-12)8-1-2-8/h3-4,7-8,10H,1-2,5-6H2. The van der Waals surface area contributed by atoms with Crippen LogP contribution in [0.5, 0.6) is 0 Å². The van der Waals surface area contributed by atoms with E-state index in [0.29, 0.717) is 0 Å². The van der Waals surface area contributed by atoms with Crippen molar-refractivity contribution in [1.82, 2.24) is 0 Å². The summed E-state index contributed by atoms with van der Waals surface area (Å²) in [4.78, 5) is 1.52. The average molecular weight is 269 g/mol. The van der Waals surface area contributed by atoms with Gasteiger partial charge in [-0.2, -0.15) is 0 Å². The van der Waals surface area contributed by atoms with Crippen LogP contribution in [-0.4, -0.2) is 5.75 Å². The SMILES string of the molecule is Brc1ccc2c(c1)C(C1CC1)CCS2. The van der Waals surface area contributed by atoms with E-state index in [1.807, 2.05) is 11.8 Å². The predicted octanol–water partition coefficient (Wildman–Crippen LogP) is 4.44. The molecule has 1 aromatic carbocycles. The molecule has 1 aliphatic carbocycles. The molecule has 0 radical (unpaired) electrons. The highest BCUT2D eigenvalue weighted by atomic mass is 79.9. The first-order valence-electron chi connectivity index (χ1n) is 5.27. The van der Waals surface area contributed by atoms with Gasteiger partial charge in [0.05, 0.1) is 0 Å². The van der Waals surface area contributed by atoms with Crippen molar-refractivity contribution in [3.05, 3.63) is 28.2 Å². The maximum absolute atomic E-state index is 3.58. The minimum Gasteiger partial charge on any atom is -0.126 e. The molecule has 1 saturated carbocycles. The number of fused-ring (bicyclic) bond motifs is 1. The van der Waals surface area contributed by atoms with Gasteiger partial charge < -0.3 is 0 Å². The van der Waals surface area contributed by atoms with Gasteiger partial charge in [-0.05, 0) is 60.6 Å². The molecule has 0 bridgehead atoms. The van der Waals surface area contributed by atoms with Crippen molar-refractivity contribution in [2.24, 2.45) is 5.92 Å². The Morgan fingerprint density at radius 3 is 2.86 bits per heavy atom. The highest BCUT2D eigenvalue weighted by molar-refractivity contribution is 9.10. The second-order valence-electron chi connectivity index (χ2n) is 4.26. The van der Waals surface area contributed by atoms with Crippen LogP contribution in [0.4, 0.5) is 0 Å². The topological polar surface area (TPSA) is 0 Å². The fourth-order valence-corrected chi connectivity index (χ4v) is 3.89. The van der Waals surface area contributed by atoms with Crippen molar-refractivity contribution >= 4 is 27.7 Å². The van der Waals surface area contributed by atoms with Crippen molar-refractivity contribution in [2.75, 3.05) is 5.75 Å². The van der Waals surface area contributed by atoms with Gasteiger partial charge in [0.15, 0.2) is 0 Å². The number of rotatable bonds is 1. The van der Waals surface area contributed by atoms with Gasteiger partial charge in [0.2, 0.25) is 0 Å². The first-order chi connectivity index (χ1) is 6.84. The molecule has 1 aromatic rings. The summed E-state index contributed by atoms with van der Waals surface area (Å²) >= 11 is 5.60. The summed E-state index contributed by atoms with van der Waals surface area (Å²) in [6, 6.07) is 6.78. The van der Waals surface area contributed by atoms with Crippen LogP contribution in [0.25, 0.3) is 0 Å². The van der Waals surface area contributed by atoms with Gasteiger partial charge in [-0.15, -0.1) is 11.8 Å². The monoisotopic (exact) mass is 268 g/mol. The lowest BCUT2D eigenvalue weighted by molar-refractivity contribution is 0.574. The van der Waals surface area contributed by atoms with E-state index in [2.05, 4.69) is 34.1 Å². The molecule has 2 heteroatoms. The van der Waals surface area contributed by atoms with Crippen molar-refractivity contribution in [1.29, 1.82) is 0 Å². The predicted molar refractivity (Wildman–Crippen MR) is 64.9 cm³/mol. The van der Waals surface area contributed by atoms with Crippen LogP contribution in [0.1, 0.15) is 30.7 Å². The molecule has 1 aliphatic heterocycles. The second kappa shape index (κ2) is 3.57. The van der Waals surface area contributed by atoms with Gasteiger partial charge in [0.1, 0.15) is 0 Å². The molecule has 0 aromatic heterocycles. The molecule has 1 atom stereocenters. The fraction of sp³-hybridized carbons (Fsp3) is 0.500. The minimum absolute atomic E-state index is 0.865. The van der Waals surface area contributed by atoms with Gasteiger partial charge in [0, 0.05) is 9.37 Å². The first kappa shape index (κ1) is 9.29.